The van der Waals surface area contributed by atoms with Crippen LogP contribution in [0.2, 0.25) is 0 Å². The van der Waals surface area contributed by atoms with Crippen LogP contribution < -0.4 is 0 Å². The highest BCUT2D eigenvalue weighted by Crippen LogP contribution is 2.18. The van der Waals surface area contributed by atoms with Crippen LogP contribution in [-0.2, 0) is 11.3 Å². The topological polar surface area (TPSA) is 68.5 Å². The number of aldehydes is 1. The van der Waals surface area contributed by atoms with E-state index in [1.807, 2.05) is 12.1 Å². The minimum atomic E-state index is 0.210. The molecule has 1 saturated heterocycles. The number of nitrogens with zero attached hydrogens (tertiary/aromatic N) is 3. The lowest BCUT2D eigenvalue weighted by atomic mass is 10.1. The summed E-state index contributed by atoms with van der Waals surface area (Å²) in [7, 11) is 0. The van der Waals surface area contributed by atoms with Gasteiger partial charge in [-0.3, -0.25) is 9.69 Å². The van der Waals surface area contributed by atoms with Gasteiger partial charge in [0.2, 0.25) is 11.7 Å². The third kappa shape index (κ3) is 3.40. The molecular formula is C16H19N3O3. The Bertz CT molecular complexity index is 628. The Hall–Kier alpha value is -2.05. The fourth-order valence-corrected chi connectivity index (χ4v) is 2.75. The van der Waals surface area contributed by atoms with Gasteiger partial charge in [-0.1, -0.05) is 29.4 Å². The summed E-state index contributed by atoms with van der Waals surface area (Å²) >= 11 is 0. The normalized spacial score (nSPS) is 22.6. The van der Waals surface area contributed by atoms with Gasteiger partial charge in [0.25, 0.3) is 0 Å². The van der Waals surface area contributed by atoms with Crippen molar-refractivity contribution in [3.63, 3.8) is 0 Å². The average Bonchev–Trinajstić information content (AvgIpc) is 2.95. The van der Waals surface area contributed by atoms with E-state index in [9.17, 15) is 4.79 Å². The van der Waals surface area contributed by atoms with E-state index >= 15 is 0 Å². The first-order chi connectivity index (χ1) is 10.6. The van der Waals surface area contributed by atoms with E-state index in [0.29, 0.717) is 23.8 Å². The zero-order valence-electron chi connectivity index (χ0n) is 12.7. The van der Waals surface area contributed by atoms with E-state index in [2.05, 4.69) is 28.9 Å². The summed E-state index contributed by atoms with van der Waals surface area (Å²) in [4.78, 5) is 17.4. The fourth-order valence-electron chi connectivity index (χ4n) is 2.75. The number of aromatic nitrogens is 2. The predicted molar refractivity (Wildman–Crippen MR) is 80.4 cm³/mol. The third-order valence-corrected chi connectivity index (χ3v) is 3.63. The van der Waals surface area contributed by atoms with E-state index in [1.165, 1.54) is 0 Å². The first-order valence-electron chi connectivity index (χ1n) is 7.40. The summed E-state index contributed by atoms with van der Waals surface area (Å²) in [5.41, 5.74) is 1.47. The molecule has 0 spiro atoms. The van der Waals surface area contributed by atoms with Crippen molar-refractivity contribution < 1.29 is 14.1 Å². The van der Waals surface area contributed by atoms with E-state index in [1.54, 1.807) is 12.1 Å². The molecule has 1 aliphatic rings. The minimum Gasteiger partial charge on any atom is -0.373 e. The molecule has 0 amide bonds. The molecule has 3 rings (SSSR count). The van der Waals surface area contributed by atoms with Crippen molar-refractivity contribution in [1.82, 2.24) is 15.0 Å². The van der Waals surface area contributed by atoms with Gasteiger partial charge in [-0.2, -0.15) is 4.98 Å². The summed E-state index contributed by atoms with van der Waals surface area (Å²) in [6.45, 7) is 6.47. The molecular weight excluding hydrogens is 282 g/mol. The molecule has 1 aliphatic heterocycles. The van der Waals surface area contributed by atoms with Crippen molar-refractivity contribution in [2.24, 2.45) is 0 Å². The molecule has 0 bridgehead atoms. The number of ether oxygens (including phenoxy) is 1. The van der Waals surface area contributed by atoms with Gasteiger partial charge in [0, 0.05) is 24.2 Å². The van der Waals surface area contributed by atoms with Crippen LogP contribution in [0.15, 0.2) is 28.8 Å². The Labute approximate surface area is 129 Å². The maximum atomic E-state index is 10.7. The Kier molecular flexibility index (Phi) is 4.31. The first-order valence-corrected chi connectivity index (χ1v) is 7.40. The lowest BCUT2D eigenvalue weighted by Crippen LogP contribution is -2.44. The van der Waals surface area contributed by atoms with Gasteiger partial charge >= 0.3 is 0 Å². The lowest BCUT2D eigenvalue weighted by Gasteiger charge is -2.34. The van der Waals surface area contributed by atoms with E-state index in [-0.39, 0.29) is 12.2 Å². The van der Waals surface area contributed by atoms with Crippen LogP contribution in [0.1, 0.15) is 30.1 Å². The predicted octanol–water partition coefficient (Wildman–Crippen LogP) is 2.16. The van der Waals surface area contributed by atoms with Crippen LogP contribution in [0.25, 0.3) is 11.4 Å². The molecule has 1 aromatic heterocycles. The molecule has 2 heterocycles. The highest BCUT2D eigenvalue weighted by Gasteiger charge is 2.23. The standard InChI is InChI=1S/C16H19N3O3/c1-11-7-19(8-12(2)21-11)9-15-17-16(18-22-15)14-5-3-13(10-20)4-6-14/h3-6,10-12H,7-9H2,1-2H3. The Balaban J connectivity index is 1.69. The van der Waals surface area contributed by atoms with Crippen LogP contribution in [0.4, 0.5) is 0 Å². The van der Waals surface area contributed by atoms with Crippen LogP contribution in [0.5, 0.6) is 0 Å². The molecule has 6 heteroatoms. The van der Waals surface area contributed by atoms with E-state index in [4.69, 9.17) is 9.26 Å². The second kappa shape index (κ2) is 6.37. The van der Waals surface area contributed by atoms with Crippen molar-refractivity contribution in [1.29, 1.82) is 0 Å². The summed E-state index contributed by atoms with van der Waals surface area (Å²) in [5, 5.41) is 4.01. The fraction of sp³-hybridized carbons (Fsp3) is 0.438. The summed E-state index contributed by atoms with van der Waals surface area (Å²) in [6.07, 6.45) is 1.23. The monoisotopic (exact) mass is 301 g/mol. The summed E-state index contributed by atoms with van der Waals surface area (Å²) in [6, 6.07) is 7.11. The summed E-state index contributed by atoms with van der Waals surface area (Å²) in [5.74, 6) is 1.14. The third-order valence-electron chi connectivity index (χ3n) is 3.63. The number of carbonyl (C=O) groups excluding carboxylic acids is 1. The van der Waals surface area contributed by atoms with Gasteiger partial charge < -0.3 is 9.26 Å². The zero-order chi connectivity index (χ0) is 15.5. The quantitative estimate of drug-likeness (QED) is 0.806. The van der Waals surface area contributed by atoms with Crippen molar-refractivity contribution >= 4 is 6.29 Å². The molecule has 0 saturated carbocycles. The molecule has 0 radical (unpaired) electrons. The van der Waals surface area contributed by atoms with Crippen LogP contribution in [-0.4, -0.2) is 46.6 Å². The average molecular weight is 301 g/mol. The number of carbonyl (C=O) groups is 1. The highest BCUT2D eigenvalue weighted by molar-refractivity contribution is 5.76. The maximum absolute atomic E-state index is 10.7. The van der Waals surface area contributed by atoms with Gasteiger partial charge in [0.05, 0.1) is 18.8 Å². The lowest BCUT2D eigenvalue weighted by molar-refractivity contribution is -0.0725. The largest absolute Gasteiger partial charge is 0.373 e. The number of rotatable bonds is 4. The molecule has 0 N–H and O–H groups in total. The van der Waals surface area contributed by atoms with Gasteiger partial charge in [-0.05, 0) is 13.8 Å². The molecule has 1 fully saturated rings. The van der Waals surface area contributed by atoms with Crippen molar-refractivity contribution in [3.8, 4) is 11.4 Å². The number of morpholine rings is 1. The maximum Gasteiger partial charge on any atom is 0.241 e. The van der Waals surface area contributed by atoms with Gasteiger partial charge in [-0.15, -0.1) is 0 Å². The number of hydrogen-bond acceptors (Lipinski definition) is 6. The second-order valence-corrected chi connectivity index (χ2v) is 5.70. The first kappa shape index (κ1) is 14.9. The van der Waals surface area contributed by atoms with Gasteiger partial charge in [0.1, 0.15) is 6.29 Å². The minimum absolute atomic E-state index is 0.210. The molecule has 0 aliphatic carbocycles. The zero-order valence-corrected chi connectivity index (χ0v) is 12.7. The van der Waals surface area contributed by atoms with E-state index < -0.39 is 0 Å². The van der Waals surface area contributed by atoms with Gasteiger partial charge in [0.15, 0.2) is 0 Å². The number of hydrogen-bond donors (Lipinski definition) is 0. The highest BCUT2D eigenvalue weighted by atomic mass is 16.5. The Morgan fingerprint density at radius 1 is 1.23 bits per heavy atom. The molecule has 2 aromatic rings. The van der Waals surface area contributed by atoms with Crippen LogP contribution >= 0.6 is 0 Å². The summed E-state index contributed by atoms with van der Waals surface area (Å²) < 4.78 is 11.0. The number of benzene rings is 1. The van der Waals surface area contributed by atoms with Crippen molar-refractivity contribution in [2.45, 2.75) is 32.6 Å². The van der Waals surface area contributed by atoms with Crippen LogP contribution in [0.3, 0.4) is 0 Å². The smallest absolute Gasteiger partial charge is 0.241 e. The molecule has 2 unspecified atom stereocenters. The molecule has 116 valence electrons. The van der Waals surface area contributed by atoms with E-state index in [0.717, 1.165) is 24.9 Å². The second-order valence-electron chi connectivity index (χ2n) is 5.70. The molecule has 1 aromatic carbocycles. The molecule has 2 atom stereocenters. The van der Waals surface area contributed by atoms with Crippen LogP contribution in [0, 0.1) is 0 Å². The molecule has 22 heavy (non-hydrogen) atoms. The Morgan fingerprint density at radius 3 is 2.55 bits per heavy atom. The Morgan fingerprint density at radius 2 is 1.91 bits per heavy atom. The van der Waals surface area contributed by atoms with Gasteiger partial charge in [-0.25, -0.2) is 0 Å². The van der Waals surface area contributed by atoms with Crippen molar-refractivity contribution in [3.05, 3.63) is 35.7 Å². The SMILES string of the molecule is CC1CN(Cc2nc(-c3ccc(C=O)cc3)no2)CC(C)O1. The molecule has 6 nitrogen and oxygen atoms in total. The van der Waals surface area contributed by atoms with Crippen molar-refractivity contribution in [2.75, 3.05) is 13.1 Å².